The van der Waals surface area contributed by atoms with Crippen LogP contribution in [0, 0.1) is 0 Å². The first-order chi connectivity index (χ1) is 6.56. The summed E-state index contributed by atoms with van der Waals surface area (Å²) in [5.41, 5.74) is 0. The highest BCUT2D eigenvalue weighted by Gasteiger charge is 2.07. The van der Waals surface area contributed by atoms with E-state index in [2.05, 4.69) is 12.2 Å². The van der Waals surface area contributed by atoms with Crippen molar-refractivity contribution in [2.24, 2.45) is 0 Å². The number of nitrogens with zero attached hydrogens (tertiary/aromatic N) is 1. The van der Waals surface area contributed by atoms with E-state index in [1.807, 2.05) is 25.9 Å². The van der Waals surface area contributed by atoms with E-state index in [0.29, 0.717) is 25.7 Å². The quantitative estimate of drug-likeness (QED) is 0.581. The Labute approximate surface area is 87.2 Å². The Morgan fingerprint density at radius 2 is 2.07 bits per heavy atom. The summed E-state index contributed by atoms with van der Waals surface area (Å²) < 4.78 is 5.25. The van der Waals surface area contributed by atoms with Crippen LogP contribution in [-0.2, 0) is 4.74 Å². The van der Waals surface area contributed by atoms with E-state index < -0.39 is 0 Å². The van der Waals surface area contributed by atoms with Crippen LogP contribution in [0.3, 0.4) is 0 Å². The number of likely N-dealkylation sites (N-methyl/N-ethyl adjacent to an activating group) is 1. The fourth-order valence-electron chi connectivity index (χ4n) is 1.18. The van der Waals surface area contributed by atoms with Crippen molar-refractivity contribution in [2.75, 3.05) is 40.4 Å². The average molecular weight is 204 g/mol. The maximum atomic E-state index is 9.55. The summed E-state index contributed by atoms with van der Waals surface area (Å²) in [7, 11) is 3.90. The van der Waals surface area contributed by atoms with Gasteiger partial charge < -0.3 is 20.1 Å². The second-order valence-corrected chi connectivity index (χ2v) is 3.88. The van der Waals surface area contributed by atoms with Crippen LogP contribution in [0.25, 0.3) is 0 Å². The summed E-state index contributed by atoms with van der Waals surface area (Å²) in [5, 5.41) is 12.8. The van der Waals surface area contributed by atoms with Gasteiger partial charge in [-0.3, -0.25) is 0 Å². The van der Waals surface area contributed by atoms with Gasteiger partial charge in [0.1, 0.15) is 0 Å². The van der Waals surface area contributed by atoms with Crippen LogP contribution in [0.5, 0.6) is 0 Å². The molecule has 2 unspecified atom stereocenters. The molecule has 0 fully saturated rings. The first kappa shape index (κ1) is 13.8. The minimum absolute atomic E-state index is 0.298. The summed E-state index contributed by atoms with van der Waals surface area (Å²) in [6, 6.07) is 0.298. The van der Waals surface area contributed by atoms with Crippen molar-refractivity contribution in [3.05, 3.63) is 0 Å². The molecule has 0 amide bonds. The zero-order chi connectivity index (χ0) is 11.0. The first-order valence-electron chi connectivity index (χ1n) is 5.20. The van der Waals surface area contributed by atoms with Crippen LogP contribution in [0.2, 0.25) is 0 Å². The van der Waals surface area contributed by atoms with E-state index in [1.165, 1.54) is 0 Å². The monoisotopic (exact) mass is 204 g/mol. The second kappa shape index (κ2) is 8.17. The largest absolute Gasteiger partial charge is 0.390 e. The van der Waals surface area contributed by atoms with Crippen molar-refractivity contribution in [2.45, 2.75) is 26.0 Å². The van der Waals surface area contributed by atoms with E-state index in [9.17, 15) is 5.11 Å². The van der Waals surface area contributed by atoms with Crippen molar-refractivity contribution in [3.63, 3.8) is 0 Å². The van der Waals surface area contributed by atoms with Gasteiger partial charge in [-0.05, 0) is 27.9 Å². The molecule has 0 saturated carbocycles. The van der Waals surface area contributed by atoms with Crippen molar-refractivity contribution < 1.29 is 9.84 Å². The topological polar surface area (TPSA) is 44.7 Å². The lowest BCUT2D eigenvalue weighted by Gasteiger charge is -2.19. The molecule has 0 radical (unpaired) electrons. The predicted molar refractivity (Wildman–Crippen MR) is 58.5 cm³/mol. The van der Waals surface area contributed by atoms with Crippen molar-refractivity contribution in [1.82, 2.24) is 10.2 Å². The number of nitrogens with one attached hydrogen (secondary N) is 1. The zero-order valence-corrected chi connectivity index (χ0v) is 9.79. The Morgan fingerprint density at radius 3 is 2.57 bits per heavy atom. The maximum absolute atomic E-state index is 9.55. The van der Waals surface area contributed by atoms with Crippen molar-refractivity contribution in [1.29, 1.82) is 0 Å². The van der Waals surface area contributed by atoms with Crippen LogP contribution in [0.1, 0.15) is 13.8 Å². The van der Waals surface area contributed by atoms with Gasteiger partial charge in [0.25, 0.3) is 0 Å². The van der Waals surface area contributed by atoms with Gasteiger partial charge in [-0.2, -0.15) is 0 Å². The van der Waals surface area contributed by atoms with E-state index >= 15 is 0 Å². The molecule has 0 aliphatic carbocycles. The van der Waals surface area contributed by atoms with E-state index in [1.54, 1.807) is 0 Å². The molecule has 2 N–H and O–H groups in total. The molecule has 0 saturated heterocycles. The third-order valence-corrected chi connectivity index (χ3v) is 1.85. The Bertz CT molecular complexity index is 131. The fourth-order valence-corrected chi connectivity index (χ4v) is 1.18. The lowest BCUT2D eigenvalue weighted by molar-refractivity contribution is 0.106. The molecular weight excluding hydrogens is 180 g/mol. The third kappa shape index (κ3) is 8.44. The second-order valence-electron chi connectivity index (χ2n) is 3.88. The zero-order valence-electron chi connectivity index (χ0n) is 9.79. The highest BCUT2D eigenvalue weighted by molar-refractivity contribution is 4.66. The summed E-state index contributed by atoms with van der Waals surface area (Å²) in [6.07, 6.45) is -0.311. The summed E-state index contributed by atoms with van der Waals surface area (Å²) in [6.45, 7) is 6.78. The molecule has 86 valence electrons. The molecule has 0 aromatic heterocycles. The standard InChI is InChI=1S/C10H24N2O2/c1-5-14-8-9(2)11-6-10(13)7-12(3)4/h9-11,13H,5-8H2,1-4H3. The van der Waals surface area contributed by atoms with E-state index in [-0.39, 0.29) is 6.10 Å². The summed E-state index contributed by atoms with van der Waals surface area (Å²) in [4.78, 5) is 1.97. The predicted octanol–water partition coefficient (Wildman–Crippen LogP) is -0.0765. The molecule has 4 heteroatoms. The summed E-state index contributed by atoms with van der Waals surface area (Å²) >= 11 is 0. The van der Waals surface area contributed by atoms with Gasteiger partial charge in [-0.15, -0.1) is 0 Å². The number of hydrogen-bond donors (Lipinski definition) is 2. The Hall–Kier alpha value is -0.160. The van der Waals surface area contributed by atoms with Crippen molar-refractivity contribution >= 4 is 0 Å². The van der Waals surface area contributed by atoms with Gasteiger partial charge in [-0.1, -0.05) is 0 Å². The molecular formula is C10H24N2O2. The van der Waals surface area contributed by atoms with Crippen molar-refractivity contribution in [3.8, 4) is 0 Å². The van der Waals surface area contributed by atoms with E-state index in [4.69, 9.17) is 4.74 Å². The summed E-state index contributed by atoms with van der Waals surface area (Å²) in [5.74, 6) is 0. The van der Waals surface area contributed by atoms with Crippen LogP contribution < -0.4 is 5.32 Å². The molecule has 0 bridgehead atoms. The first-order valence-corrected chi connectivity index (χ1v) is 5.20. The van der Waals surface area contributed by atoms with Crippen LogP contribution in [-0.4, -0.2) is 62.6 Å². The van der Waals surface area contributed by atoms with Gasteiger partial charge in [0.2, 0.25) is 0 Å². The van der Waals surface area contributed by atoms with Gasteiger partial charge in [0, 0.05) is 25.7 Å². The van der Waals surface area contributed by atoms with Crippen LogP contribution >= 0.6 is 0 Å². The van der Waals surface area contributed by atoms with Gasteiger partial charge >= 0.3 is 0 Å². The molecule has 2 atom stereocenters. The number of ether oxygens (including phenoxy) is 1. The van der Waals surface area contributed by atoms with Crippen LogP contribution in [0.15, 0.2) is 0 Å². The van der Waals surface area contributed by atoms with E-state index in [0.717, 1.165) is 6.61 Å². The molecule has 0 rings (SSSR count). The smallest absolute Gasteiger partial charge is 0.0791 e. The molecule has 0 aliphatic rings. The van der Waals surface area contributed by atoms with Crippen LogP contribution in [0.4, 0.5) is 0 Å². The highest BCUT2D eigenvalue weighted by atomic mass is 16.5. The Kier molecular flexibility index (Phi) is 8.08. The maximum Gasteiger partial charge on any atom is 0.0791 e. The fraction of sp³-hybridized carbons (Fsp3) is 1.00. The molecule has 4 nitrogen and oxygen atoms in total. The number of aliphatic hydroxyl groups is 1. The molecule has 0 aromatic rings. The number of hydrogen-bond acceptors (Lipinski definition) is 4. The highest BCUT2D eigenvalue weighted by Crippen LogP contribution is 1.88. The molecule has 0 aliphatic heterocycles. The third-order valence-electron chi connectivity index (χ3n) is 1.85. The normalized spacial score (nSPS) is 15.9. The minimum Gasteiger partial charge on any atom is -0.390 e. The Balaban J connectivity index is 3.40. The lowest BCUT2D eigenvalue weighted by atomic mass is 10.3. The van der Waals surface area contributed by atoms with Gasteiger partial charge in [-0.25, -0.2) is 0 Å². The number of aliphatic hydroxyl groups excluding tert-OH is 1. The Morgan fingerprint density at radius 1 is 1.43 bits per heavy atom. The van der Waals surface area contributed by atoms with Gasteiger partial charge in [0.15, 0.2) is 0 Å². The lowest BCUT2D eigenvalue weighted by Crippen LogP contribution is -2.40. The molecule has 0 heterocycles. The minimum atomic E-state index is -0.311. The molecule has 0 aromatic carbocycles. The van der Waals surface area contributed by atoms with Gasteiger partial charge in [0.05, 0.1) is 12.7 Å². The SMILES string of the molecule is CCOCC(C)NCC(O)CN(C)C. The molecule has 0 spiro atoms. The average Bonchev–Trinajstić information content (AvgIpc) is 2.10. The number of rotatable bonds is 8. The molecule has 14 heavy (non-hydrogen) atoms.